The largest absolute Gasteiger partial charge is 0.374 e. The smallest absolute Gasteiger partial charge is 0.0829 e. The van der Waals surface area contributed by atoms with E-state index >= 15 is 0 Å². The Morgan fingerprint density at radius 1 is 1.21 bits per heavy atom. The molecule has 4 heteroatoms. The van der Waals surface area contributed by atoms with Crippen LogP contribution in [0.15, 0.2) is 0 Å². The van der Waals surface area contributed by atoms with Crippen LogP contribution in [0.2, 0.25) is 0 Å². The van der Waals surface area contributed by atoms with E-state index in [9.17, 15) is 0 Å². The summed E-state index contributed by atoms with van der Waals surface area (Å²) in [6.07, 6.45) is 4.52. The number of fused-ring (bicyclic) bond motifs is 1. The molecule has 0 amide bonds. The van der Waals surface area contributed by atoms with Gasteiger partial charge in [-0.05, 0) is 51.4 Å². The summed E-state index contributed by atoms with van der Waals surface area (Å²) in [4.78, 5) is 5.27. The van der Waals surface area contributed by atoms with Gasteiger partial charge < -0.3 is 15.0 Å². The van der Waals surface area contributed by atoms with Crippen LogP contribution in [0.25, 0.3) is 0 Å². The molecule has 0 spiro atoms. The molecule has 0 aromatic carbocycles. The van der Waals surface area contributed by atoms with Crippen molar-refractivity contribution >= 4 is 0 Å². The average Bonchev–Trinajstić information content (AvgIpc) is 3.05. The summed E-state index contributed by atoms with van der Waals surface area (Å²) in [5.41, 5.74) is 0. The van der Waals surface area contributed by atoms with Gasteiger partial charge in [-0.3, -0.25) is 4.90 Å². The molecule has 3 unspecified atom stereocenters. The molecule has 4 nitrogen and oxygen atoms in total. The van der Waals surface area contributed by atoms with Crippen LogP contribution >= 0.6 is 0 Å². The third kappa shape index (κ3) is 3.48. The maximum Gasteiger partial charge on any atom is 0.0829 e. The molecule has 0 saturated carbocycles. The second kappa shape index (κ2) is 6.53. The molecule has 3 atom stereocenters. The fourth-order valence-electron chi connectivity index (χ4n) is 3.88. The van der Waals surface area contributed by atoms with Gasteiger partial charge in [0, 0.05) is 25.7 Å². The highest BCUT2D eigenvalue weighted by Gasteiger charge is 2.33. The van der Waals surface area contributed by atoms with Crippen molar-refractivity contribution in [2.75, 3.05) is 52.4 Å². The Kier molecular flexibility index (Phi) is 4.74. The van der Waals surface area contributed by atoms with E-state index in [2.05, 4.69) is 22.0 Å². The summed E-state index contributed by atoms with van der Waals surface area (Å²) in [5.74, 6) is 0.850. The quantitative estimate of drug-likeness (QED) is 0.797. The van der Waals surface area contributed by atoms with Gasteiger partial charge in [-0.15, -0.1) is 0 Å². The number of rotatable bonds is 5. The molecule has 3 aliphatic heterocycles. The maximum absolute atomic E-state index is 6.07. The van der Waals surface area contributed by atoms with Gasteiger partial charge in [-0.1, -0.05) is 6.92 Å². The van der Waals surface area contributed by atoms with E-state index in [0.717, 1.165) is 31.7 Å². The number of likely N-dealkylation sites (tertiary alicyclic amines) is 1. The summed E-state index contributed by atoms with van der Waals surface area (Å²) in [7, 11) is 0. The zero-order valence-corrected chi connectivity index (χ0v) is 12.3. The highest BCUT2D eigenvalue weighted by atomic mass is 16.5. The normalized spacial score (nSPS) is 36.8. The SMILES string of the molecule is CCNCC1CCN(CC2CN3CCCC3CO2)C1. The Labute approximate surface area is 117 Å². The fraction of sp³-hybridized carbons (Fsp3) is 1.00. The van der Waals surface area contributed by atoms with Crippen LogP contribution in [0, 0.1) is 5.92 Å². The average molecular weight is 267 g/mol. The highest BCUT2D eigenvalue weighted by Crippen LogP contribution is 2.24. The molecule has 0 aromatic rings. The molecule has 110 valence electrons. The van der Waals surface area contributed by atoms with Crippen molar-refractivity contribution < 1.29 is 4.74 Å². The van der Waals surface area contributed by atoms with Crippen molar-refractivity contribution in [3.63, 3.8) is 0 Å². The third-order valence-corrected chi connectivity index (χ3v) is 4.98. The maximum atomic E-state index is 6.07. The van der Waals surface area contributed by atoms with Crippen LogP contribution < -0.4 is 5.32 Å². The van der Waals surface area contributed by atoms with Crippen molar-refractivity contribution in [1.29, 1.82) is 0 Å². The minimum Gasteiger partial charge on any atom is -0.374 e. The van der Waals surface area contributed by atoms with E-state index in [4.69, 9.17) is 4.74 Å². The predicted octanol–water partition coefficient (Wildman–Crippen LogP) is 0.781. The molecular weight excluding hydrogens is 238 g/mol. The molecule has 0 aliphatic carbocycles. The molecule has 1 N–H and O–H groups in total. The number of hydrogen-bond acceptors (Lipinski definition) is 4. The summed E-state index contributed by atoms with van der Waals surface area (Å²) in [6.45, 7) is 11.6. The van der Waals surface area contributed by atoms with Gasteiger partial charge in [-0.25, -0.2) is 0 Å². The molecule has 3 saturated heterocycles. The van der Waals surface area contributed by atoms with E-state index in [0.29, 0.717) is 6.10 Å². The van der Waals surface area contributed by atoms with Crippen molar-refractivity contribution in [3.8, 4) is 0 Å². The lowest BCUT2D eigenvalue weighted by molar-refractivity contribution is -0.0592. The molecule has 0 aromatic heterocycles. The molecule has 0 bridgehead atoms. The first-order valence-electron chi connectivity index (χ1n) is 8.14. The second-order valence-corrected chi connectivity index (χ2v) is 6.47. The van der Waals surface area contributed by atoms with Crippen molar-refractivity contribution in [1.82, 2.24) is 15.1 Å². The predicted molar refractivity (Wildman–Crippen MR) is 77.4 cm³/mol. The third-order valence-electron chi connectivity index (χ3n) is 4.98. The first-order chi connectivity index (χ1) is 9.35. The number of hydrogen-bond donors (Lipinski definition) is 1. The van der Waals surface area contributed by atoms with Crippen LogP contribution in [0.1, 0.15) is 26.2 Å². The van der Waals surface area contributed by atoms with Gasteiger partial charge in [0.1, 0.15) is 0 Å². The Bertz CT molecular complexity index is 287. The van der Waals surface area contributed by atoms with Crippen LogP contribution in [0.5, 0.6) is 0 Å². The molecule has 3 fully saturated rings. The highest BCUT2D eigenvalue weighted by molar-refractivity contribution is 4.87. The van der Waals surface area contributed by atoms with Crippen molar-refractivity contribution in [2.45, 2.75) is 38.3 Å². The molecule has 3 heterocycles. The number of nitrogens with one attached hydrogen (secondary N) is 1. The lowest BCUT2D eigenvalue weighted by Gasteiger charge is -2.36. The van der Waals surface area contributed by atoms with E-state index in [1.807, 2.05) is 0 Å². The Morgan fingerprint density at radius 3 is 3.05 bits per heavy atom. The Hall–Kier alpha value is -0.160. The minimum absolute atomic E-state index is 0.451. The number of nitrogens with zero attached hydrogens (tertiary/aromatic N) is 2. The topological polar surface area (TPSA) is 27.7 Å². The summed E-state index contributed by atoms with van der Waals surface area (Å²) in [5, 5.41) is 3.48. The monoisotopic (exact) mass is 267 g/mol. The standard InChI is InChI=1S/C15H29N3O/c1-2-16-8-13-5-7-17(9-13)10-15-11-18-6-3-4-14(18)12-19-15/h13-16H,2-12H2,1H3. The van der Waals surface area contributed by atoms with Crippen molar-refractivity contribution in [2.24, 2.45) is 5.92 Å². The molecule has 19 heavy (non-hydrogen) atoms. The van der Waals surface area contributed by atoms with Gasteiger partial charge >= 0.3 is 0 Å². The molecule has 3 aliphatic rings. The summed E-state index contributed by atoms with van der Waals surface area (Å²) in [6, 6.07) is 0.733. The molecular formula is C15H29N3O. The van der Waals surface area contributed by atoms with E-state index in [-0.39, 0.29) is 0 Å². The van der Waals surface area contributed by atoms with Gasteiger partial charge in [0.2, 0.25) is 0 Å². The summed E-state index contributed by atoms with van der Waals surface area (Å²) < 4.78 is 6.07. The molecule has 3 rings (SSSR count). The zero-order valence-electron chi connectivity index (χ0n) is 12.3. The first-order valence-corrected chi connectivity index (χ1v) is 8.14. The first kappa shape index (κ1) is 13.8. The van der Waals surface area contributed by atoms with Crippen LogP contribution in [-0.4, -0.2) is 74.4 Å². The molecule has 0 radical (unpaired) electrons. The van der Waals surface area contributed by atoms with Gasteiger partial charge in [0.15, 0.2) is 0 Å². The lowest BCUT2D eigenvalue weighted by Crippen LogP contribution is -2.49. The second-order valence-electron chi connectivity index (χ2n) is 6.47. The van der Waals surface area contributed by atoms with Crippen molar-refractivity contribution in [3.05, 3.63) is 0 Å². The van der Waals surface area contributed by atoms with Gasteiger partial charge in [0.05, 0.1) is 12.7 Å². The van der Waals surface area contributed by atoms with E-state index < -0.39 is 0 Å². The van der Waals surface area contributed by atoms with Crippen LogP contribution in [0.4, 0.5) is 0 Å². The van der Waals surface area contributed by atoms with Gasteiger partial charge in [0.25, 0.3) is 0 Å². The number of morpholine rings is 1. The minimum atomic E-state index is 0.451. The van der Waals surface area contributed by atoms with E-state index in [1.165, 1.54) is 52.0 Å². The van der Waals surface area contributed by atoms with Crippen LogP contribution in [0.3, 0.4) is 0 Å². The zero-order chi connectivity index (χ0) is 13.1. The Morgan fingerprint density at radius 2 is 2.16 bits per heavy atom. The van der Waals surface area contributed by atoms with E-state index in [1.54, 1.807) is 0 Å². The van der Waals surface area contributed by atoms with Gasteiger partial charge in [-0.2, -0.15) is 0 Å². The summed E-state index contributed by atoms with van der Waals surface area (Å²) >= 11 is 0. The number of ether oxygens (including phenoxy) is 1. The lowest BCUT2D eigenvalue weighted by atomic mass is 10.1. The Balaban J connectivity index is 1.40. The fourth-order valence-corrected chi connectivity index (χ4v) is 3.88. The van der Waals surface area contributed by atoms with Crippen LogP contribution in [-0.2, 0) is 4.74 Å².